The van der Waals surface area contributed by atoms with Crippen LogP contribution in [0, 0.1) is 19.7 Å². The van der Waals surface area contributed by atoms with Crippen LogP contribution < -0.4 is 9.64 Å². The number of carboxylic acids is 1. The molecule has 2 aliphatic rings. The smallest absolute Gasteiger partial charge is 0.416 e. The third kappa shape index (κ3) is 6.54. The second kappa shape index (κ2) is 11.8. The maximum absolute atomic E-state index is 15.6. The van der Waals surface area contributed by atoms with Gasteiger partial charge in [0.05, 0.1) is 23.3 Å². The van der Waals surface area contributed by atoms with Gasteiger partial charge in [-0.05, 0) is 112 Å². The van der Waals surface area contributed by atoms with Crippen molar-refractivity contribution < 1.29 is 54.9 Å². The molecule has 0 aromatic heterocycles. The molecule has 0 unspecified atom stereocenters. The minimum Gasteiger partial charge on any atom is -0.490 e. The fourth-order valence-corrected chi connectivity index (χ4v) is 6.29. The first-order valence-electron chi connectivity index (χ1n) is 14.8. The third-order valence-electron chi connectivity index (χ3n) is 8.28. The van der Waals surface area contributed by atoms with E-state index < -0.39 is 58.4 Å². The van der Waals surface area contributed by atoms with E-state index >= 15 is 4.39 Å². The lowest BCUT2D eigenvalue weighted by molar-refractivity contribution is -0.160. The highest BCUT2D eigenvalue weighted by atomic mass is 19.4. The third-order valence-corrected chi connectivity index (χ3v) is 8.28. The lowest BCUT2D eigenvalue weighted by Crippen LogP contribution is -2.30. The highest BCUT2D eigenvalue weighted by Crippen LogP contribution is 2.48. The quantitative estimate of drug-likeness (QED) is 0.276. The molecule has 1 atom stereocenters. The zero-order valence-corrected chi connectivity index (χ0v) is 26.2. The summed E-state index contributed by atoms with van der Waals surface area (Å²) in [5.41, 5.74) is -2.21. The molecule has 3 aromatic rings. The minimum absolute atomic E-state index is 0.0469. The van der Waals surface area contributed by atoms with Crippen molar-refractivity contribution in [1.29, 1.82) is 0 Å². The molecular weight excluding hydrogens is 635 g/mol. The molecule has 1 N–H and O–H groups in total. The molecule has 13 heteroatoms. The first-order chi connectivity index (χ1) is 21.7. The Morgan fingerprint density at radius 2 is 1.53 bits per heavy atom. The summed E-state index contributed by atoms with van der Waals surface area (Å²) in [6.45, 7) is 8.46. The Balaban J connectivity index is 1.76. The Morgan fingerprint density at radius 3 is 2.09 bits per heavy atom. The molecule has 0 saturated heterocycles. The van der Waals surface area contributed by atoms with Crippen molar-refractivity contribution in [2.24, 2.45) is 0 Å². The van der Waals surface area contributed by atoms with Gasteiger partial charge in [-0.25, -0.2) is 9.18 Å². The number of carbonyl (C=O) groups is 2. The molecule has 252 valence electrons. The minimum atomic E-state index is -5.16. The number of hydrogen-bond acceptors (Lipinski definition) is 4. The molecular formula is C34H32F7NO5. The Labute approximate surface area is 266 Å². The van der Waals surface area contributed by atoms with E-state index in [4.69, 9.17) is 9.47 Å². The molecule has 6 nitrogen and oxygen atoms in total. The molecule has 1 amide bonds. The van der Waals surface area contributed by atoms with E-state index in [0.717, 1.165) is 4.90 Å². The van der Waals surface area contributed by atoms with Gasteiger partial charge in [-0.2, -0.15) is 26.3 Å². The Morgan fingerprint density at radius 1 is 0.915 bits per heavy atom. The van der Waals surface area contributed by atoms with Crippen molar-refractivity contribution in [2.45, 2.75) is 77.9 Å². The van der Waals surface area contributed by atoms with Crippen LogP contribution in [0.5, 0.6) is 5.75 Å². The van der Waals surface area contributed by atoms with Crippen LogP contribution in [0.2, 0.25) is 0 Å². The number of ether oxygens (including phenoxy) is 2. The molecule has 0 bridgehead atoms. The fraction of sp³-hybridized carbons (Fsp3) is 0.412. The molecule has 47 heavy (non-hydrogen) atoms. The van der Waals surface area contributed by atoms with Crippen LogP contribution in [0.25, 0.3) is 11.1 Å². The van der Waals surface area contributed by atoms with E-state index in [1.807, 2.05) is 0 Å². The maximum Gasteiger partial charge on any atom is 0.416 e. The van der Waals surface area contributed by atoms with Gasteiger partial charge in [0.1, 0.15) is 0 Å². The first kappa shape index (κ1) is 34.2. The fourth-order valence-electron chi connectivity index (χ4n) is 6.29. The van der Waals surface area contributed by atoms with Crippen molar-refractivity contribution in [3.05, 3.63) is 80.7 Å². The van der Waals surface area contributed by atoms with E-state index in [-0.39, 0.29) is 41.6 Å². The number of rotatable bonds is 5. The zero-order valence-electron chi connectivity index (χ0n) is 26.2. The number of alkyl halides is 6. The van der Waals surface area contributed by atoms with Crippen molar-refractivity contribution >= 4 is 17.6 Å². The number of anilines is 1. The lowest BCUT2D eigenvalue weighted by atomic mass is 9.83. The van der Waals surface area contributed by atoms with Gasteiger partial charge in [-0.3, -0.25) is 4.79 Å². The van der Waals surface area contributed by atoms with Gasteiger partial charge >= 0.3 is 18.3 Å². The van der Waals surface area contributed by atoms with Crippen molar-refractivity contribution in [3.8, 4) is 16.9 Å². The standard InChI is InChI=1S/C34H32F7NO5/c1-16-11-25-22(8-9-42(25)30(43)18-12-19(33(36,37)38)14-20(13-18)34(39,40)41)27(26(16)29(31(44)45)47-32(3,4)5)23-15-24(35)28-21(17(23)2)7-6-10-46-28/h11-15,29H,6-10H2,1-5H3,(H,44,45)/t29-/m0/s1. The van der Waals surface area contributed by atoms with Crippen LogP contribution in [0.3, 0.4) is 0 Å². The molecule has 5 rings (SSSR count). The number of fused-ring (bicyclic) bond motifs is 2. The molecule has 2 heterocycles. The van der Waals surface area contributed by atoms with Crippen molar-refractivity contribution in [2.75, 3.05) is 18.1 Å². The number of nitrogens with zero attached hydrogens (tertiary/aromatic N) is 1. The second-order valence-corrected chi connectivity index (χ2v) is 12.7. The van der Waals surface area contributed by atoms with Crippen LogP contribution >= 0.6 is 0 Å². The summed E-state index contributed by atoms with van der Waals surface area (Å²) in [5.74, 6) is -3.04. The normalized spacial score (nSPS) is 15.6. The van der Waals surface area contributed by atoms with Gasteiger partial charge in [0.25, 0.3) is 5.91 Å². The van der Waals surface area contributed by atoms with Crippen LogP contribution in [-0.4, -0.2) is 35.7 Å². The summed E-state index contributed by atoms with van der Waals surface area (Å²) in [6, 6.07) is 3.38. The van der Waals surface area contributed by atoms with Crippen LogP contribution in [-0.2, 0) is 34.7 Å². The highest BCUT2D eigenvalue weighted by molar-refractivity contribution is 6.08. The Bertz CT molecular complexity index is 1740. The molecule has 0 saturated carbocycles. The van der Waals surface area contributed by atoms with Gasteiger partial charge in [-0.15, -0.1) is 0 Å². The number of amides is 1. The number of benzene rings is 3. The van der Waals surface area contributed by atoms with Crippen molar-refractivity contribution in [3.63, 3.8) is 0 Å². The summed E-state index contributed by atoms with van der Waals surface area (Å²) >= 11 is 0. The Kier molecular flexibility index (Phi) is 8.62. The lowest BCUT2D eigenvalue weighted by Gasteiger charge is -2.30. The molecule has 2 aliphatic heterocycles. The monoisotopic (exact) mass is 667 g/mol. The van der Waals surface area contributed by atoms with Gasteiger partial charge in [0.15, 0.2) is 17.7 Å². The number of halogens is 7. The van der Waals surface area contributed by atoms with E-state index in [2.05, 4.69) is 0 Å². The first-order valence-corrected chi connectivity index (χ1v) is 14.8. The SMILES string of the molecule is Cc1cc2c(c(-c3cc(F)c4c(c3C)CCCO4)c1[C@H](OC(C)(C)C)C(=O)O)CCN2C(=O)c1cc(C(F)(F)F)cc(C(F)(F)F)c1. The molecule has 0 aliphatic carbocycles. The summed E-state index contributed by atoms with van der Waals surface area (Å²) in [4.78, 5) is 27.5. The predicted octanol–water partition coefficient (Wildman–Crippen LogP) is 8.62. The van der Waals surface area contributed by atoms with Gasteiger partial charge < -0.3 is 19.5 Å². The van der Waals surface area contributed by atoms with E-state index in [1.165, 1.54) is 12.1 Å². The van der Waals surface area contributed by atoms with Crippen molar-refractivity contribution in [1.82, 2.24) is 0 Å². The second-order valence-electron chi connectivity index (χ2n) is 12.7. The summed E-state index contributed by atoms with van der Waals surface area (Å²) in [7, 11) is 0. The molecule has 3 aromatic carbocycles. The van der Waals surface area contributed by atoms with Gasteiger partial charge in [0, 0.05) is 28.9 Å². The van der Waals surface area contributed by atoms with Crippen LogP contribution in [0.4, 0.5) is 36.4 Å². The zero-order chi connectivity index (χ0) is 34.8. The average Bonchev–Trinajstić information content (AvgIpc) is 3.38. The number of aryl methyl sites for hydroxylation is 1. The molecule has 0 radical (unpaired) electrons. The van der Waals surface area contributed by atoms with E-state index in [1.54, 1.807) is 34.6 Å². The summed E-state index contributed by atoms with van der Waals surface area (Å²) in [6.07, 6.45) is -10.7. The summed E-state index contributed by atoms with van der Waals surface area (Å²) in [5, 5.41) is 10.4. The molecule has 0 fully saturated rings. The van der Waals surface area contributed by atoms with Crippen LogP contribution in [0.1, 0.15) is 82.6 Å². The number of carboxylic acid groups (broad SMARTS) is 1. The summed E-state index contributed by atoms with van der Waals surface area (Å²) < 4.78 is 109. The Hall–Kier alpha value is -4.13. The molecule has 0 spiro atoms. The highest BCUT2D eigenvalue weighted by Gasteiger charge is 2.40. The van der Waals surface area contributed by atoms with Crippen LogP contribution in [0.15, 0.2) is 30.3 Å². The predicted molar refractivity (Wildman–Crippen MR) is 158 cm³/mol. The van der Waals surface area contributed by atoms with Gasteiger partial charge in [-0.1, -0.05) is 0 Å². The van der Waals surface area contributed by atoms with E-state index in [0.29, 0.717) is 59.4 Å². The maximum atomic E-state index is 15.6. The van der Waals surface area contributed by atoms with E-state index in [9.17, 15) is 41.0 Å². The number of hydrogen-bond donors (Lipinski definition) is 1. The topological polar surface area (TPSA) is 76.1 Å². The average molecular weight is 668 g/mol. The van der Waals surface area contributed by atoms with Gasteiger partial charge in [0.2, 0.25) is 0 Å². The largest absolute Gasteiger partial charge is 0.490 e. The number of aliphatic carboxylic acids is 1. The number of carbonyl (C=O) groups excluding carboxylic acids is 1.